The maximum Gasteiger partial charge on any atom is 0.0159 e. The summed E-state index contributed by atoms with van der Waals surface area (Å²) in [5.74, 6) is 1.69. The molecule has 1 saturated heterocycles. The summed E-state index contributed by atoms with van der Waals surface area (Å²) in [4.78, 5) is 2.59. The van der Waals surface area contributed by atoms with Crippen molar-refractivity contribution in [3.8, 4) is 0 Å². The zero-order chi connectivity index (χ0) is 10.8. The Morgan fingerprint density at radius 2 is 1.93 bits per heavy atom. The van der Waals surface area contributed by atoms with Gasteiger partial charge in [-0.3, -0.25) is 0 Å². The van der Waals surface area contributed by atoms with Gasteiger partial charge in [0, 0.05) is 25.2 Å². The van der Waals surface area contributed by atoms with Gasteiger partial charge in [0.05, 0.1) is 0 Å². The predicted molar refractivity (Wildman–Crippen MR) is 65.0 cm³/mol. The Morgan fingerprint density at radius 3 is 2.67 bits per heavy atom. The summed E-state index contributed by atoms with van der Waals surface area (Å²) in [6.45, 7) is 7.17. The molecule has 2 rings (SSSR count). The molecule has 3 atom stereocenters. The van der Waals surface area contributed by atoms with Crippen LogP contribution in [-0.4, -0.2) is 37.1 Å². The molecular formula is C13H26N2. The largest absolute Gasteiger partial charge is 0.312 e. The second kappa shape index (κ2) is 4.84. The molecule has 0 aromatic heterocycles. The van der Waals surface area contributed by atoms with Crippen LogP contribution in [0.2, 0.25) is 0 Å². The smallest absolute Gasteiger partial charge is 0.0159 e. The molecule has 0 aromatic rings. The van der Waals surface area contributed by atoms with Gasteiger partial charge in [-0.25, -0.2) is 0 Å². The van der Waals surface area contributed by atoms with Crippen molar-refractivity contribution >= 4 is 0 Å². The van der Waals surface area contributed by atoms with Crippen LogP contribution in [0.1, 0.15) is 39.5 Å². The molecule has 1 heterocycles. The van der Waals surface area contributed by atoms with Crippen LogP contribution in [-0.2, 0) is 0 Å². The molecule has 0 radical (unpaired) electrons. The molecule has 1 aliphatic carbocycles. The summed E-state index contributed by atoms with van der Waals surface area (Å²) in [7, 11) is 2.31. The molecule has 88 valence electrons. The first-order valence-electron chi connectivity index (χ1n) is 6.64. The first-order chi connectivity index (χ1) is 7.20. The van der Waals surface area contributed by atoms with Gasteiger partial charge in [-0.15, -0.1) is 0 Å². The minimum absolute atomic E-state index is 0.792. The lowest BCUT2D eigenvalue weighted by Gasteiger charge is -2.40. The Labute approximate surface area is 94.4 Å². The highest BCUT2D eigenvalue weighted by Gasteiger charge is 2.36. The SMILES string of the molecule is CC(C)[C@H]1[C@@H]2CCCCC2NCCN1C. The first-order valence-corrected chi connectivity index (χ1v) is 6.64. The third-order valence-corrected chi connectivity index (χ3v) is 4.32. The molecule has 2 nitrogen and oxygen atoms in total. The van der Waals surface area contributed by atoms with Gasteiger partial charge in [0.1, 0.15) is 0 Å². The van der Waals surface area contributed by atoms with E-state index in [4.69, 9.17) is 0 Å². The highest BCUT2D eigenvalue weighted by molar-refractivity contribution is 4.93. The molecule has 0 amide bonds. The Bertz CT molecular complexity index is 203. The highest BCUT2D eigenvalue weighted by Crippen LogP contribution is 2.33. The topological polar surface area (TPSA) is 15.3 Å². The number of rotatable bonds is 1. The van der Waals surface area contributed by atoms with Crippen molar-refractivity contribution in [3.63, 3.8) is 0 Å². The van der Waals surface area contributed by atoms with E-state index >= 15 is 0 Å². The van der Waals surface area contributed by atoms with Crippen LogP contribution >= 0.6 is 0 Å². The minimum atomic E-state index is 0.792. The fourth-order valence-corrected chi connectivity index (χ4v) is 3.73. The van der Waals surface area contributed by atoms with Crippen LogP contribution in [0, 0.1) is 11.8 Å². The number of hydrogen-bond acceptors (Lipinski definition) is 2. The van der Waals surface area contributed by atoms with Crippen molar-refractivity contribution in [3.05, 3.63) is 0 Å². The number of nitrogens with zero attached hydrogens (tertiary/aromatic N) is 1. The number of nitrogens with one attached hydrogen (secondary N) is 1. The normalized spacial score (nSPS) is 38.8. The van der Waals surface area contributed by atoms with Gasteiger partial charge < -0.3 is 10.2 Å². The second-order valence-electron chi connectivity index (χ2n) is 5.72. The Balaban J connectivity index is 2.14. The monoisotopic (exact) mass is 210 g/mol. The maximum atomic E-state index is 3.76. The lowest BCUT2D eigenvalue weighted by Crippen LogP contribution is -2.47. The molecule has 2 fully saturated rings. The van der Waals surface area contributed by atoms with E-state index in [0.29, 0.717) is 0 Å². The van der Waals surface area contributed by atoms with Gasteiger partial charge in [0.15, 0.2) is 0 Å². The van der Waals surface area contributed by atoms with Crippen LogP contribution in [0.25, 0.3) is 0 Å². The number of hydrogen-bond donors (Lipinski definition) is 1. The van der Waals surface area contributed by atoms with E-state index in [0.717, 1.165) is 23.9 Å². The highest BCUT2D eigenvalue weighted by atomic mass is 15.2. The van der Waals surface area contributed by atoms with E-state index in [1.54, 1.807) is 0 Å². The van der Waals surface area contributed by atoms with Gasteiger partial charge in [-0.2, -0.15) is 0 Å². The molecule has 15 heavy (non-hydrogen) atoms. The summed E-state index contributed by atoms with van der Waals surface area (Å²) in [6.07, 6.45) is 5.72. The Kier molecular flexibility index (Phi) is 3.68. The average molecular weight is 210 g/mol. The molecule has 1 unspecified atom stereocenters. The van der Waals surface area contributed by atoms with Crippen molar-refractivity contribution < 1.29 is 0 Å². The van der Waals surface area contributed by atoms with Gasteiger partial charge in [0.2, 0.25) is 0 Å². The van der Waals surface area contributed by atoms with Crippen LogP contribution in [0.5, 0.6) is 0 Å². The van der Waals surface area contributed by atoms with Crippen molar-refractivity contribution in [2.75, 3.05) is 20.1 Å². The van der Waals surface area contributed by atoms with Gasteiger partial charge >= 0.3 is 0 Å². The van der Waals surface area contributed by atoms with E-state index in [1.165, 1.54) is 38.8 Å². The van der Waals surface area contributed by atoms with Crippen molar-refractivity contribution in [2.24, 2.45) is 11.8 Å². The van der Waals surface area contributed by atoms with Crippen LogP contribution in [0.15, 0.2) is 0 Å². The molecule has 1 N–H and O–H groups in total. The predicted octanol–water partition coefficient (Wildman–Crippen LogP) is 2.10. The molecule has 2 aliphatic rings. The van der Waals surface area contributed by atoms with Gasteiger partial charge in [0.25, 0.3) is 0 Å². The molecule has 0 aromatic carbocycles. The lowest BCUT2D eigenvalue weighted by molar-refractivity contribution is 0.109. The standard InChI is InChI=1S/C13H26N2/c1-10(2)13-11-6-4-5-7-12(11)14-8-9-15(13)3/h10-14H,4-9H2,1-3H3/t11-,12?,13+/m1/s1. The van der Waals surface area contributed by atoms with Crippen molar-refractivity contribution in [2.45, 2.75) is 51.6 Å². The van der Waals surface area contributed by atoms with Crippen LogP contribution in [0.4, 0.5) is 0 Å². The Morgan fingerprint density at radius 1 is 1.20 bits per heavy atom. The Hall–Kier alpha value is -0.0800. The maximum absolute atomic E-state index is 3.76. The summed E-state index contributed by atoms with van der Waals surface area (Å²) in [6, 6.07) is 1.60. The number of fused-ring (bicyclic) bond motifs is 1. The molecule has 1 aliphatic heterocycles. The van der Waals surface area contributed by atoms with E-state index < -0.39 is 0 Å². The molecule has 1 saturated carbocycles. The second-order valence-corrected chi connectivity index (χ2v) is 5.72. The van der Waals surface area contributed by atoms with Crippen LogP contribution < -0.4 is 5.32 Å². The summed E-state index contributed by atoms with van der Waals surface area (Å²) >= 11 is 0. The summed E-state index contributed by atoms with van der Waals surface area (Å²) in [5.41, 5.74) is 0. The van der Waals surface area contributed by atoms with Gasteiger partial charge in [-0.05, 0) is 31.7 Å². The third kappa shape index (κ3) is 2.36. The van der Waals surface area contributed by atoms with E-state index in [-0.39, 0.29) is 0 Å². The fraction of sp³-hybridized carbons (Fsp3) is 1.00. The van der Waals surface area contributed by atoms with E-state index in [9.17, 15) is 0 Å². The fourth-order valence-electron chi connectivity index (χ4n) is 3.73. The summed E-state index contributed by atoms with van der Waals surface area (Å²) in [5, 5.41) is 3.76. The molecule has 0 spiro atoms. The van der Waals surface area contributed by atoms with E-state index in [1.807, 2.05) is 0 Å². The molecule has 0 bridgehead atoms. The average Bonchev–Trinajstić information content (AvgIpc) is 2.35. The minimum Gasteiger partial charge on any atom is -0.312 e. The molecule has 2 heteroatoms. The van der Waals surface area contributed by atoms with Gasteiger partial charge in [-0.1, -0.05) is 26.7 Å². The zero-order valence-corrected chi connectivity index (χ0v) is 10.5. The number of likely N-dealkylation sites (N-methyl/N-ethyl adjacent to an activating group) is 1. The van der Waals surface area contributed by atoms with Crippen molar-refractivity contribution in [1.29, 1.82) is 0 Å². The quantitative estimate of drug-likeness (QED) is 0.713. The summed E-state index contributed by atoms with van der Waals surface area (Å²) < 4.78 is 0. The lowest BCUT2D eigenvalue weighted by atomic mass is 9.76. The third-order valence-electron chi connectivity index (χ3n) is 4.32. The van der Waals surface area contributed by atoms with Crippen LogP contribution in [0.3, 0.4) is 0 Å². The molecular weight excluding hydrogens is 184 g/mol. The van der Waals surface area contributed by atoms with Crippen molar-refractivity contribution in [1.82, 2.24) is 10.2 Å². The zero-order valence-electron chi connectivity index (χ0n) is 10.5. The van der Waals surface area contributed by atoms with E-state index in [2.05, 4.69) is 31.1 Å². The first kappa shape index (κ1) is 11.4.